The molecule has 8 N–H and O–H groups in total. The van der Waals surface area contributed by atoms with E-state index >= 15 is 0 Å². The number of benzene rings is 3. The minimum atomic E-state index is -1.57. The first-order chi connectivity index (χ1) is 18.3. The minimum Gasteiger partial charge on any atom is -0.457 e. The number of carbonyl (C=O) groups excluding carboxylic acids is 2. The summed E-state index contributed by atoms with van der Waals surface area (Å²) in [6, 6.07) is 17.9. The molecule has 8 nitrogen and oxygen atoms in total. The number of carbonyl (C=O) groups is 2. The Balaban J connectivity index is 1.43. The van der Waals surface area contributed by atoms with Crippen molar-refractivity contribution in [3.8, 4) is 11.5 Å². The first kappa shape index (κ1) is 24.5. The topological polar surface area (TPSA) is 145 Å². The molecular weight excluding hydrogens is 505 g/mol. The van der Waals surface area contributed by atoms with Crippen LogP contribution in [-0.2, 0) is 10.3 Å². The lowest BCUT2D eigenvalue weighted by atomic mass is 9.70. The Hall–Kier alpha value is -3.83. The van der Waals surface area contributed by atoms with E-state index in [4.69, 9.17) is 21.9 Å². The minimum absolute atomic E-state index is 0.171. The third-order valence-corrected chi connectivity index (χ3v) is 8.52. The molecule has 0 spiro atoms. The van der Waals surface area contributed by atoms with Gasteiger partial charge >= 0.3 is 0 Å². The summed E-state index contributed by atoms with van der Waals surface area (Å²) in [5.74, 6) is 0.324. The Labute approximate surface area is 221 Å². The van der Waals surface area contributed by atoms with Gasteiger partial charge < -0.3 is 32.6 Å². The average Bonchev–Trinajstić information content (AvgIpc) is 3.52. The van der Waals surface area contributed by atoms with Crippen molar-refractivity contribution >= 4 is 38.8 Å². The van der Waals surface area contributed by atoms with Crippen LogP contribution in [0.3, 0.4) is 0 Å². The summed E-state index contributed by atoms with van der Waals surface area (Å²) in [6.07, 6.45) is -1.20. The molecule has 4 atom stereocenters. The number of nitrogens with two attached hydrogens (primary N) is 3. The van der Waals surface area contributed by atoms with Gasteiger partial charge in [-0.15, -0.1) is 11.3 Å². The molecule has 10 heteroatoms. The number of ketones is 1. The van der Waals surface area contributed by atoms with Crippen LogP contribution >= 0.6 is 11.3 Å². The highest BCUT2D eigenvalue weighted by Crippen LogP contribution is 2.49. The van der Waals surface area contributed by atoms with Crippen molar-refractivity contribution in [1.29, 1.82) is 0 Å². The summed E-state index contributed by atoms with van der Waals surface area (Å²) >= 11 is 1.14. The Morgan fingerprint density at radius 1 is 1.05 bits per heavy atom. The zero-order chi connectivity index (χ0) is 26.6. The number of nitrogens with one attached hydrogen (secondary N) is 2. The van der Waals surface area contributed by atoms with E-state index in [-0.39, 0.29) is 11.4 Å². The van der Waals surface area contributed by atoms with Crippen LogP contribution in [0.5, 0.6) is 11.5 Å². The summed E-state index contributed by atoms with van der Waals surface area (Å²) in [4.78, 5) is 27.4. The Morgan fingerprint density at radius 3 is 2.45 bits per heavy atom. The van der Waals surface area contributed by atoms with E-state index < -0.39 is 35.5 Å². The molecule has 1 fully saturated rings. The third kappa shape index (κ3) is 3.76. The molecule has 2 heterocycles. The normalized spacial score (nSPS) is 24.5. The molecule has 0 radical (unpaired) electrons. The first-order valence-electron chi connectivity index (χ1n) is 12.2. The first-order valence-corrected chi connectivity index (χ1v) is 13.0. The molecule has 2 aliphatic rings. The molecule has 1 aliphatic heterocycles. The molecule has 3 aromatic carbocycles. The number of hydrogen-bond donors (Lipinski definition) is 5. The van der Waals surface area contributed by atoms with Crippen molar-refractivity contribution in [2.75, 3.05) is 18.8 Å². The van der Waals surface area contributed by atoms with Crippen molar-refractivity contribution in [2.45, 2.75) is 23.8 Å². The molecule has 38 heavy (non-hydrogen) atoms. The van der Waals surface area contributed by atoms with Crippen LogP contribution < -0.4 is 32.6 Å². The van der Waals surface area contributed by atoms with Crippen molar-refractivity contribution in [1.82, 2.24) is 10.6 Å². The molecular formula is C28H26FN5O3S. The van der Waals surface area contributed by atoms with E-state index in [0.29, 0.717) is 50.5 Å². The van der Waals surface area contributed by atoms with Crippen molar-refractivity contribution < 1.29 is 18.7 Å². The number of ether oxygens (including phenoxy) is 1. The lowest BCUT2D eigenvalue weighted by Crippen LogP contribution is -2.52. The zero-order valence-corrected chi connectivity index (χ0v) is 21.1. The second-order valence-corrected chi connectivity index (χ2v) is 10.6. The summed E-state index contributed by atoms with van der Waals surface area (Å²) in [5, 5.41) is 6.25. The fourth-order valence-corrected chi connectivity index (χ4v) is 6.48. The molecule has 1 saturated heterocycles. The number of para-hydroxylation sites is 1. The highest BCUT2D eigenvalue weighted by Gasteiger charge is 2.49. The second-order valence-electron chi connectivity index (χ2n) is 9.59. The second kappa shape index (κ2) is 9.17. The van der Waals surface area contributed by atoms with E-state index in [0.717, 1.165) is 11.3 Å². The lowest BCUT2D eigenvalue weighted by molar-refractivity contribution is -0.124. The maximum Gasteiger partial charge on any atom is 0.262 e. The Kier molecular flexibility index (Phi) is 5.92. The van der Waals surface area contributed by atoms with Crippen molar-refractivity contribution in [3.05, 3.63) is 88.3 Å². The monoisotopic (exact) mass is 531 g/mol. The van der Waals surface area contributed by atoms with Gasteiger partial charge in [0.2, 0.25) is 0 Å². The molecule has 6 rings (SSSR count). The molecule has 2 unspecified atom stereocenters. The molecule has 194 valence electrons. The van der Waals surface area contributed by atoms with Crippen molar-refractivity contribution in [3.63, 3.8) is 0 Å². The number of halogens is 1. The van der Waals surface area contributed by atoms with Crippen LogP contribution in [0.25, 0.3) is 10.1 Å². The van der Waals surface area contributed by atoms with E-state index in [2.05, 4.69) is 10.6 Å². The van der Waals surface area contributed by atoms with E-state index in [1.165, 1.54) is 0 Å². The average molecular weight is 532 g/mol. The van der Waals surface area contributed by atoms with Crippen LogP contribution in [0.15, 0.2) is 66.7 Å². The van der Waals surface area contributed by atoms with Crippen LogP contribution in [-0.4, -0.2) is 37.0 Å². The van der Waals surface area contributed by atoms with Gasteiger partial charge in [0.05, 0.1) is 21.7 Å². The van der Waals surface area contributed by atoms with Gasteiger partial charge in [-0.2, -0.15) is 0 Å². The van der Waals surface area contributed by atoms with Gasteiger partial charge in [-0.25, -0.2) is 4.39 Å². The van der Waals surface area contributed by atoms with Crippen LogP contribution in [0, 0.1) is 0 Å². The van der Waals surface area contributed by atoms with Gasteiger partial charge in [0, 0.05) is 29.7 Å². The largest absolute Gasteiger partial charge is 0.457 e. The smallest absolute Gasteiger partial charge is 0.262 e. The van der Waals surface area contributed by atoms with Gasteiger partial charge in [-0.3, -0.25) is 9.59 Å². The fraction of sp³-hybridized carbons (Fsp3) is 0.214. The van der Waals surface area contributed by atoms with Gasteiger partial charge in [0.25, 0.3) is 5.91 Å². The molecule has 4 aromatic rings. The molecule has 0 saturated carbocycles. The number of amides is 1. The standard InChI is InChI=1S/C28H26FN5O3S/c29-18-12-33-13-20(18)34-27(36)25-22-21-17(10-11-19(30)24(21)38-25)28(32,26(35)23(22)31)14-6-8-16(9-7-14)37-15-4-2-1-3-5-15/h1-11,18,20,23,33H,12-13,30-32H2,(H,34,36)/t18-,20-,23?,28?/m0/s1. The summed E-state index contributed by atoms with van der Waals surface area (Å²) in [5.41, 5.74) is 20.0. The molecule has 1 amide bonds. The van der Waals surface area contributed by atoms with Crippen LogP contribution in [0.1, 0.15) is 32.4 Å². The number of alkyl halides is 1. The summed E-state index contributed by atoms with van der Waals surface area (Å²) in [7, 11) is 0. The number of thiophene rings is 1. The van der Waals surface area contributed by atoms with Crippen molar-refractivity contribution in [2.24, 2.45) is 11.5 Å². The van der Waals surface area contributed by atoms with Gasteiger partial charge in [-0.05, 0) is 41.5 Å². The molecule has 1 aromatic heterocycles. The maximum absolute atomic E-state index is 14.2. The van der Waals surface area contributed by atoms with E-state index in [1.54, 1.807) is 36.4 Å². The lowest BCUT2D eigenvalue weighted by Gasteiger charge is -2.36. The SMILES string of the molecule is Nc1ccc2c3c(c(C(=O)N[C@H]4CNC[C@@H]4F)sc13)C(N)C(=O)C2(N)c1ccc(Oc2ccccc2)cc1. The van der Waals surface area contributed by atoms with Gasteiger partial charge in [0.15, 0.2) is 5.78 Å². The maximum atomic E-state index is 14.2. The summed E-state index contributed by atoms with van der Waals surface area (Å²) in [6.45, 7) is 0.492. The van der Waals surface area contributed by atoms with E-state index in [9.17, 15) is 14.0 Å². The molecule has 0 bridgehead atoms. The number of Topliss-reactive ketones (excluding diaryl/α,β-unsaturated/α-hetero) is 1. The van der Waals surface area contributed by atoms with Gasteiger partial charge in [-0.1, -0.05) is 36.4 Å². The highest BCUT2D eigenvalue weighted by molar-refractivity contribution is 7.21. The number of nitrogen functional groups attached to an aromatic ring is 1. The predicted molar refractivity (Wildman–Crippen MR) is 145 cm³/mol. The van der Waals surface area contributed by atoms with E-state index in [1.807, 2.05) is 30.3 Å². The van der Waals surface area contributed by atoms with Gasteiger partial charge in [0.1, 0.15) is 23.2 Å². The number of hydrogen-bond acceptors (Lipinski definition) is 8. The van der Waals surface area contributed by atoms with Crippen LogP contribution in [0.4, 0.5) is 10.1 Å². The quantitative estimate of drug-likeness (QED) is 0.249. The highest BCUT2D eigenvalue weighted by atomic mass is 32.1. The zero-order valence-electron chi connectivity index (χ0n) is 20.2. The Bertz CT molecular complexity index is 1560. The summed E-state index contributed by atoms with van der Waals surface area (Å²) < 4.78 is 20.7. The molecule has 1 aliphatic carbocycles. The predicted octanol–water partition coefficient (Wildman–Crippen LogP) is 3.10. The van der Waals surface area contributed by atoms with Crippen LogP contribution in [0.2, 0.25) is 0 Å². The third-order valence-electron chi connectivity index (χ3n) is 7.26. The fourth-order valence-electron chi connectivity index (χ4n) is 5.28. The number of anilines is 1. The Morgan fingerprint density at radius 2 is 1.76 bits per heavy atom. The number of rotatable bonds is 5.